The molecule has 1 atom stereocenters. The fourth-order valence-corrected chi connectivity index (χ4v) is 3.70. The normalized spacial score (nSPS) is 17.4. The van der Waals surface area contributed by atoms with Gasteiger partial charge in [0.1, 0.15) is 5.82 Å². The third-order valence-corrected chi connectivity index (χ3v) is 5.01. The molecule has 5 nitrogen and oxygen atoms in total. The molecule has 3 rings (SSSR count). The molecule has 0 radical (unpaired) electrons. The molecule has 0 spiro atoms. The first-order valence-corrected chi connectivity index (χ1v) is 9.33. The van der Waals surface area contributed by atoms with E-state index in [1.54, 1.807) is 0 Å². The number of carbonyl (C=O) groups excluding carboxylic acids is 1. The van der Waals surface area contributed by atoms with E-state index in [9.17, 15) is 4.79 Å². The number of likely N-dealkylation sites (tertiary alicyclic amines) is 1. The molecule has 1 aromatic heterocycles. The molecule has 1 aliphatic rings. The van der Waals surface area contributed by atoms with Crippen molar-refractivity contribution in [1.29, 1.82) is 5.26 Å². The number of fused-ring (bicyclic) bond motifs is 1. The third-order valence-electron chi connectivity index (χ3n) is 5.01. The van der Waals surface area contributed by atoms with Gasteiger partial charge >= 0.3 is 0 Å². The maximum Gasteiger partial charge on any atom is 0.224 e. The van der Waals surface area contributed by atoms with Crippen LogP contribution in [0.2, 0.25) is 0 Å². The number of aromatic nitrogens is 2. The Morgan fingerprint density at radius 1 is 1.32 bits per heavy atom. The lowest BCUT2D eigenvalue weighted by Gasteiger charge is -2.19. The highest BCUT2D eigenvalue weighted by molar-refractivity contribution is 5.80. The predicted molar refractivity (Wildman–Crippen MR) is 97.8 cm³/mol. The number of aryl methyl sites for hydroxylation is 1. The minimum Gasteiger partial charge on any atom is -0.324 e. The summed E-state index contributed by atoms with van der Waals surface area (Å²) in [7, 11) is 0. The Kier molecular flexibility index (Phi) is 5.37. The lowest BCUT2D eigenvalue weighted by Crippen LogP contribution is -2.28. The van der Waals surface area contributed by atoms with Crippen molar-refractivity contribution in [3.05, 3.63) is 29.6 Å². The Hall–Kier alpha value is -2.35. The molecule has 132 valence electrons. The summed E-state index contributed by atoms with van der Waals surface area (Å²) in [6.45, 7) is 5.75. The van der Waals surface area contributed by atoms with Gasteiger partial charge in [-0.1, -0.05) is 26.7 Å². The van der Waals surface area contributed by atoms with Crippen LogP contribution in [0.15, 0.2) is 18.2 Å². The largest absolute Gasteiger partial charge is 0.324 e. The zero-order chi connectivity index (χ0) is 17.8. The van der Waals surface area contributed by atoms with Gasteiger partial charge in [0.05, 0.1) is 29.3 Å². The van der Waals surface area contributed by atoms with Crippen LogP contribution < -0.4 is 0 Å². The van der Waals surface area contributed by atoms with E-state index in [0.29, 0.717) is 24.6 Å². The summed E-state index contributed by atoms with van der Waals surface area (Å²) in [4.78, 5) is 19.1. The molecule has 25 heavy (non-hydrogen) atoms. The highest BCUT2D eigenvalue weighted by atomic mass is 16.2. The number of unbranched alkanes of at least 4 members (excludes halogenated alkanes) is 1. The van der Waals surface area contributed by atoms with Crippen LogP contribution in [0, 0.1) is 17.2 Å². The lowest BCUT2D eigenvalue weighted by molar-refractivity contribution is -0.129. The molecule has 0 saturated carbocycles. The number of carbonyl (C=O) groups is 1. The lowest BCUT2D eigenvalue weighted by atomic mass is 10.0. The van der Waals surface area contributed by atoms with Crippen LogP contribution in [0.3, 0.4) is 0 Å². The number of hydrogen-bond acceptors (Lipinski definition) is 3. The number of nitriles is 1. The van der Waals surface area contributed by atoms with Crippen LogP contribution in [0.1, 0.15) is 57.3 Å². The number of imidazole rings is 1. The summed E-state index contributed by atoms with van der Waals surface area (Å²) in [5, 5.41) is 9.12. The second kappa shape index (κ2) is 7.69. The summed E-state index contributed by atoms with van der Waals surface area (Å²) in [5.41, 5.74) is 2.48. The average Bonchev–Trinajstić information content (AvgIpc) is 3.13. The Bertz CT molecular complexity index is 802. The van der Waals surface area contributed by atoms with Crippen LogP contribution in [-0.4, -0.2) is 26.9 Å². The van der Waals surface area contributed by atoms with Gasteiger partial charge in [-0.15, -0.1) is 0 Å². The first kappa shape index (κ1) is 17.5. The van der Waals surface area contributed by atoms with E-state index in [4.69, 9.17) is 10.2 Å². The van der Waals surface area contributed by atoms with Gasteiger partial charge in [-0.05, 0) is 37.0 Å². The molecule has 1 fully saturated rings. The summed E-state index contributed by atoms with van der Waals surface area (Å²) < 4.78 is 2.17. The van der Waals surface area contributed by atoms with Crippen molar-refractivity contribution < 1.29 is 4.79 Å². The second-order valence-electron chi connectivity index (χ2n) is 6.99. The highest BCUT2D eigenvalue weighted by Crippen LogP contribution is 2.25. The van der Waals surface area contributed by atoms with Gasteiger partial charge in [-0.2, -0.15) is 5.26 Å². The molecule has 5 heteroatoms. The fraction of sp³-hybridized carbons (Fsp3) is 0.550. The Morgan fingerprint density at radius 3 is 2.88 bits per heavy atom. The standard InChI is InChI=1S/C20H26N4O/c1-3-5-7-19-22-17-10-15(12-21)8-9-18(17)24(19)14-23-13-16(6-4-2)11-20(23)25/h8-10,16H,3-7,11,13-14H2,1-2H3. The van der Waals surface area contributed by atoms with Crippen molar-refractivity contribution in [3.8, 4) is 6.07 Å². The summed E-state index contributed by atoms with van der Waals surface area (Å²) >= 11 is 0. The van der Waals surface area contributed by atoms with Crippen molar-refractivity contribution in [2.45, 2.75) is 59.0 Å². The Labute approximate surface area is 149 Å². The number of benzene rings is 1. The molecule has 0 N–H and O–H groups in total. The SMILES string of the molecule is CCCCc1nc2cc(C#N)ccc2n1CN1CC(CCC)CC1=O. The maximum atomic E-state index is 12.4. The first-order chi connectivity index (χ1) is 12.2. The van der Waals surface area contributed by atoms with Gasteiger partial charge in [0.15, 0.2) is 0 Å². The van der Waals surface area contributed by atoms with Gasteiger partial charge in [-0.3, -0.25) is 4.79 Å². The quantitative estimate of drug-likeness (QED) is 0.770. The number of rotatable bonds is 7. The van der Waals surface area contributed by atoms with Gasteiger partial charge in [0, 0.05) is 19.4 Å². The van der Waals surface area contributed by atoms with Crippen LogP contribution in [0.4, 0.5) is 0 Å². The van der Waals surface area contributed by atoms with Gasteiger partial charge in [0.25, 0.3) is 0 Å². The molecule has 0 aliphatic carbocycles. The molecule has 1 aliphatic heterocycles. The molecule has 1 amide bonds. The van der Waals surface area contributed by atoms with E-state index < -0.39 is 0 Å². The Morgan fingerprint density at radius 2 is 2.16 bits per heavy atom. The van der Waals surface area contributed by atoms with Crippen molar-refractivity contribution in [2.24, 2.45) is 5.92 Å². The second-order valence-corrected chi connectivity index (χ2v) is 6.99. The fourth-order valence-electron chi connectivity index (χ4n) is 3.70. The predicted octanol–water partition coefficient (Wildman–Crippen LogP) is 3.86. The van der Waals surface area contributed by atoms with Crippen molar-refractivity contribution >= 4 is 16.9 Å². The van der Waals surface area contributed by atoms with E-state index >= 15 is 0 Å². The van der Waals surface area contributed by atoms with Crippen molar-refractivity contribution in [1.82, 2.24) is 14.5 Å². The van der Waals surface area contributed by atoms with Crippen LogP contribution in [-0.2, 0) is 17.9 Å². The minimum atomic E-state index is 0.246. The monoisotopic (exact) mass is 338 g/mol. The summed E-state index contributed by atoms with van der Waals surface area (Å²) in [6.07, 6.45) is 5.98. The average molecular weight is 338 g/mol. The van der Waals surface area contributed by atoms with Gasteiger partial charge in [0.2, 0.25) is 5.91 Å². The van der Waals surface area contributed by atoms with E-state index in [1.807, 2.05) is 23.1 Å². The van der Waals surface area contributed by atoms with Crippen molar-refractivity contribution in [3.63, 3.8) is 0 Å². The smallest absolute Gasteiger partial charge is 0.224 e. The number of nitrogens with zero attached hydrogens (tertiary/aromatic N) is 4. The Balaban J connectivity index is 1.90. The number of amides is 1. The molecule has 0 bridgehead atoms. The summed E-state index contributed by atoms with van der Waals surface area (Å²) in [6, 6.07) is 7.81. The molecule has 2 aromatic rings. The first-order valence-electron chi connectivity index (χ1n) is 9.33. The molecule has 1 unspecified atom stereocenters. The van der Waals surface area contributed by atoms with Crippen LogP contribution in [0.5, 0.6) is 0 Å². The molecular weight excluding hydrogens is 312 g/mol. The minimum absolute atomic E-state index is 0.246. The maximum absolute atomic E-state index is 12.4. The molecule has 1 aromatic carbocycles. The van der Waals surface area contributed by atoms with Gasteiger partial charge < -0.3 is 9.47 Å². The zero-order valence-electron chi connectivity index (χ0n) is 15.2. The molecule has 1 saturated heterocycles. The van der Waals surface area contributed by atoms with E-state index in [0.717, 1.165) is 55.5 Å². The topological polar surface area (TPSA) is 61.9 Å². The van der Waals surface area contributed by atoms with Crippen molar-refractivity contribution in [2.75, 3.05) is 6.54 Å². The van der Waals surface area contributed by atoms with E-state index in [1.165, 1.54) is 0 Å². The highest BCUT2D eigenvalue weighted by Gasteiger charge is 2.29. The van der Waals surface area contributed by atoms with E-state index in [-0.39, 0.29) is 5.91 Å². The van der Waals surface area contributed by atoms with Gasteiger partial charge in [-0.25, -0.2) is 4.98 Å². The molecular formula is C20H26N4O. The third kappa shape index (κ3) is 3.68. The number of hydrogen-bond donors (Lipinski definition) is 0. The van der Waals surface area contributed by atoms with Crippen LogP contribution in [0.25, 0.3) is 11.0 Å². The van der Waals surface area contributed by atoms with E-state index in [2.05, 4.69) is 24.5 Å². The summed E-state index contributed by atoms with van der Waals surface area (Å²) in [5.74, 6) is 1.74. The zero-order valence-corrected chi connectivity index (χ0v) is 15.2. The molecule has 2 heterocycles. The van der Waals surface area contributed by atoms with Crippen LogP contribution >= 0.6 is 0 Å².